The van der Waals surface area contributed by atoms with Crippen molar-refractivity contribution in [3.63, 3.8) is 0 Å². The number of nitrogens with zero attached hydrogens (tertiary/aromatic N) is 6. The van der Waals surface area contributed by atoms with Crippen molar-refractivity contribution in [2.24, 2.45) is 15.3 Å². The third-order valence-corrected chi connectivity index (χ3v) is 5.67. The third kappa shape index (κ3) is 4.31. The number of thiazole rings is 1. The van der Waals surface area contributed by atoms with Gasteiger partial charge in [-0.1, -0.05) is 35.3 Å². The van der Waals surface area contributed by atoms with Crippen molar-refractivity contribution in [2.75, 3.05) is 5.01 Å². The molecule has 1 atom stereocenters. The summed E-state index contributed by atoms with van der Waals surface area (Å²) in [6.45, 7) is 1.67. The molecule has 1 amide bonds. The highest BCUT2D eigenvalue weighted by Crippen LogP contribution is 2.33. The van der Waals surface area contributed by atoms with Crippen LogP contribution in [0.25, 0.3) is 11.3 Å². The highest BCUT2D eigenvalue weighted by molar-refractivity contribution is 7.14. The van der Waals surface area contributed by atoms with E-state index in [0.717, 1.165) is 5.01 Å². The van der Waals surface area contributed by atoms with E-state index in [2.05, 4.69) is 20.3 Å². The number of hydrogen-bond acceptors (Lipinski definition) is 8. The zero-order valence-corrected chi connectivity index (χ0v) is 18.1. The summed E-state index contributed by atoms with van der Waals surface area (Å²) in [5, 5.41) is 27.4. The molecule has 1 aliphatic heterocycles. The van der Waals surface area contributed by atoms with Gasteiger partial charge in [0.2, 0.25) is 5.13 Å². The van der Waals surface area contributed by atoms with Gasteiger partial charge in [0.05, 0.1) is 21.4 Å². The van der Waals surface area contributed by atoms with E-state index in [9.17, 15) is 14.9 Å². The van der Waals surface area contributed by atoms with Crippen molar-refractivity contribution in [2.45, 2.75) is 13.0 Å². The monoisotopic (exact) mass is 474 g/mol. The number of hydrogen-bond donors (Lipinski definition) is 0. The Labute approximate surface area is 189 Å². The topological polar surface area (TPSA) is 113 Å². The number of nitro benzene ring substituents is 1. The number of rotatable bonds is 5. The van der Waals surface area contributed by atoms with Crippen LogP contribution in [0.15, 0.2) is 63.2 Å². The van der Waals surface area contributed by atoms with E-state index in [1.807, 2.05) is 0 Å². The number of carbonyl (C=O) groups excluding carboxylic acids is 1. The first-order valence-electron chi connectivity index (χ1n) is 8.79. The molecule has 2 heterocycles. The van der Waals surface area contributed by atoms with Gasteiger partial charge in [0.1, 0.15) is 5.69 Å². The molecule has 0 spiro atoms. The minimum absolute atomic E-state index is 0.0421. The first kappa shape index (κ1) is 21.0. The van der Waals surface area contributed by atoms with E-state index in [1.54, 1.807) is 36.6 Å². The van der Waals surface area contributed by atoms with Gasteiger partial charge in [-0.25, -0.2) is 4.98 Å². The fourth-order valence-corrected chi connectivity index (χ4v) is 4.02. The fraction of sp³-hybridized carbons (Fsp3) is 0.105. The lowest BCUT2D eigenvalue weighted by Gasteiger charge is -2.08. The second-order valence-electron chi connectivity index (χ2n) is 6.43. The largest absolute Gasteiger partial charge is 0.282 e. The Kier molecular flexibility index (Phi) is 5.77. The molecule has 12 heteroatoms. The Hall–Kier alpha value is -3.21. The van der Waals surface area contributed by atoms with Crippen LogP contribution >= 0.6 is 34.5 Å². The smallest absolute Gasteiger partial charge is 0.269 e. The summed E-state index contributed by atoms with van der Waals surface area (Å²) in [6.07, 6.45) is 0. The van der Waals surface area contributed by atoms with Crippen LogP contribution in [-0.2, 0) is 4.79 Å². The molecule has 0 aliphatic carbocycles. The van der Waals surface area contributed by atoms with E-state index in [4.69, 9.17) is 23.2 Å². The molecule has 0 saturated heterocycles. The Bertz CT molecular complexity index is 1260. The lowest BCUT2D eigenvalue weighted by molar-refractivity contribution is -0.384. The molecule has 0 unspecified atom stereocenters. The SMILES string of the molecule is CC1=NN(c2nc(-c3cccc([N+](=O)[O-])c3)cs2)C(=O)[C@@H]1N=Nc1ccc(Cl)cc1Cl. The fourth-order valence-electron chi connectivity index (χ4n) is 2.78. The van der Waals surface area contributed by atoms with Gasteiger partial charge < -0.3 is 0 Å². The molecule has 3 aromatic rings. The minimum Gasteiger partial charge on any atom is -0.269 e. The molecule has 1 aliphatic rings. The van der Waals surface area contributed by atoms with E-state index in [0.29, 0.717) is 37.8 Å². The standard InChI is InChI=1S/C19H12Cl2N6O3S/c1-10-17(24-23-15-6-5-12(20)8-14(15)21)18(28)26(25-10)19-22-16(9-31-19)11-3-2-4-13(7-11)27(29)30/h2-9,17H,1H3/t17-/m1/s1. The third-order valence-electron chi connectivity index (χ3n) is 4.31. The molecule has 4 rings (SSSR count). The van der Waals surface area contributed by atoms with E-state index < -0.39 is 16.9 Å². The van der Waals surface area contributed by atoms with E-state index >= 15 is 0 Å². The van der Waals surface area contributed by atoms with Gasteiger partial charge in [0.15, 0.2) is 6.04 Å². The average Bonchev–Trinajstić information content (AvgIpc) is 3.33. The number of nitro groups is 1. The molecule has 9 nitrogen and oxygen atoms in total. The molecule has 1 aromatic heterocycles. The summed E-state index contributed by atoms with van der Waals surface area (Å²) >= 11 is 13.2. The number of azo groups is 1. The zero-order chi connectivity index (χ0) is 22.1. The van der Waals surface area contributed by atoms with Gasteiger partial charge in [-0.3, -0.25) is 14.9 Å². The summed E-state index contributed by atoms with van der Waals surface area (Å²) in [4.78, 5) is 27.8. The number of aromatic nitrogens is 1. The predicted molar refractivity (Wildman–Crippen MR) is 120 cm³/mol. The van der Waals surface area contributed by atoms with Crippen molar-refractivity contribution >= 4 is 62.7 Å². The molecular formula is C19H12Cl2N6O3S. The Balaban J connectivity index is 1.56. The zero-order valence-electron chi connectivity index (χ0n) is 15.8. The Morgan fingerprint density at radius 1 is 1.23 bits per heavy atom. The summed E-state index contributed by atoms with van der Waals surface area (Å²) in [5.41, 5.74) is 1.86. The van der Waals surface area contributed by atoms with Crippen LogP contribution < -0.4 is 5.01 Å². The maximum atomic E-state index is 12.8. The Morgan fingerprint density at radius 3 is 2.77 bits per heavy atom. The van der Waals surface area contributed by atoms with Crippen molar-refractivity contribution in [1.82, 2.24) is 4.98 Å². The highest BCUT2D eigenvalue weighted by atomic mass is 35.5. The minimum atomic E-state index is -0.906. The van der Waals surface area contributed by atoms with Crippen LogP contribution in [0, 0.1) is 10.1 Å². The van der Waals surface area contributed by atoms with E-state index in [1.165, 1.54) is 29.5 Å². The number of amides is 1. The molecule has 0 saturated carbocycles. The van der Waals surface area contributed by atoms with Crippen LogP contribution in [0.4, 0.5) is 16.5 Å². The molecule has 0 radical (unpaired) electrons. The van der Waals surface area contributed by atoms with Crippen LogP contribution in [0.3, 0.4) is 0 Å². The van der Waals surface area contributed by atoms with Gasteiger partial charge in [0.25, 0.3) is 11.6 Å². The Morgan fingerprint density at radius 2 is 2.03 bits per heavy atom. The number of anilines is 1. The molecule has 156 valence electrons. The summed E-state index contributed by atoms with van der Waals surface area (Å²) in [6, 6.07) is 9.96. The number of non-ortho nitro benzene ring substituents is 1. The van der Waals surface area contributed by atoms with Crippen LogP contribution in [-0.4, -0.2) is 27.6 Å². The summed E-state index contributed by atoms with van der Waals surface area (Å²) < 4.78 is 0. The normalized spacial score (nSPS) is 16.2. The van der Waals surface area contributed by atoms with Crippen molar-refractivity contribution in [3.8, 4) is 11.3 Å². The van der Waals surface area contributed by atoms with Gasteiger partial charge >= 0.3 is 0 Å². The summed E-state index contributed by atoms with van der Waals surface area (Å²) in [5.74, 6) is -0.411. The summed E-state index contributed by atoms with van der Waals surface area (Å²) in [7, 11) is 0. The number of halogens is 2. The lowest BCUT2D eigenvalue weighted by Crippen LogP contribution is -2.29. The van der Waals surface area contributed by atoms with E-state index in [-0.39, 0.29) is 5.69 Å². The van der Waals surface area contributed by atoms with Crippen molar-refractivity contribution < 1.29 is 9.72 Å². The number of hydrazone groups is 1. The number of carbonyl (C=O) groups is 1. The maximum absolute atomic E-state index is 12.8. The predicted octanol–water partition coefficient (Wildman–Crippen LogP) is 5.90. The number of benzene rings is 2. The first-order chi connectivity index (χ1) is 14.8. The molecule has 0 N–H and O–H groups in total. The molecule has 2 aromatic carbocycles. The molecular weight excluding hydrogens is 463 g/mol. The van der Waals surface area contributed by atoms with Crippen LogP contribution in [0.5, 0.6) is 0 Å². The second-order valence-corrected chi connectivity index (χ2v) is 8.11. The maximum Gasteiger partial charge on any atom is 0.282 e. The molecule has 0 fully saturated rings. The van der Waals surface area contributed by atoms with Crippen LogP contribution in [0.1, 0.15) is 6.92 Å². The quantitative estimate of drug-likeness (QED) is 0.260. The molecule has 31 heavy (non-hydrogen) atoms. The van der Waals surface area contributed by atoms with Gasteiger partial charge in [-0.2, -0.15) is 20.3 Å². The van der Waals surface area contributed by atoms with Gasteiger partial charge in [-0.05, 0) is 25.1 Å². The van der Waals surface area contributed by atoms with Crippen molar-refractivity contribution in [1.29, 1.82) is 0 Å². The molecule has 0 bridgehead atoms. The highest BCUT2D eigenvalue weighted by Gasteiger charge is 2.36. The first-order valence-corrected chi connectivity index (χ1v) is 10.4. The van der Waals surface area contributed by atoms with Crippen LogP contribution in [0.2, 0.25) is 10.0 Å². The second kappa shape index (κ2) is 8.50. The van der Waals surface area contributed by atoms with Gasteiger partial charge in [-0.15, -0.1) is 11.3 Å². The average molecular weight is 475 g/mol. The van der Waals surface area contributed by atoms with Crippen molar-refractivity contribution in [3.05, 3.63) is 68.0 Å². The lowest BCUT2D eigenvalue weighted by atomic mass is 10.1. The van der Waals surface area contributed by atoms with Gasteiger partial charge in [0, 0.05) is 28.1 Å².